The summed E-state index contributed by atoms with van der Waals surface area (Å²) in [6, 6.07) is 4.76. The van der Waals surface area contributed by atoms with Crippen LogP contribution in [-0.4, -0.2) is 60.6 Å². The summed E-state index contributed by atoms with van der Waals surface area (Å²) in [5, 5.41) is 11.5. The second-order valence-electron chi connectivity index (χ2n) is 6.92. The lowest BCUT2D eigenvalue weighted by molar-refractivity contribution is -0.274. The molecule has 0 fully saturated rings. The van der Waals surface area contributed by atoms with Crippen molar-refractivity contribution in [3.05, 3.63) is 46.5 Å². The molecule has 1 aromatic carbocycles. The van der Waals surface area contributed by atoms with E-state index in [9.17, 15) is 22.2 Å². The molecule has 15 heteroatoms. The van der Waals surface area contributed by atoms with E-state index in [1.54, 1.807) is 11.6 Å². The molecular weight excluding hydrogens is 499 g/mol. The van der Waals surface area contributed by atoms with Gasteiger partial charge in [0.25, 0.3) is 5.91 Å². The van der Waals surface area contributed by atoms with E-state index in [4.69, 9.17) is 9.84 Å². The smallest absolute Gasteiger partial charge is 0.425 e. The molecule has 1 aliphatic rings. The predicted molar refractivity (Wildman–Crippen MR) is 116 cm³/mol. The molecule has 182 valence electrons. The quantitative estimate of drug-likeness (QED) is 0.489. The molecule has 1 N–H and O–H groups in total. The zero-order valence-corrected chi connectivity index (χ0v) is 19.2. The maximum absolute atomic E-state index is 13.3. The number of ether oxygens (including phenoxy) is 2. The van der Waals surface area contributed by atoms with Gasteiger partial charge in [0.1, 0.15) is 16.5 Å². The third-order valence-electron chi connectivity index (χ3n) is 4.61. The predicted octanol–water partition coefficient (Wildman–Crippen LogP) is 2.93. The average Bonchev–Trinajstić information content (AvgIpc) is 3.40. The number of carbonyl (C=O) groups is 1. The highest BCUT2D eigenvalue weighted by molar-refractivity contribution is 7.84. The maximum Gasteiger partial charge on any atom is 0.573 e. The third-order valence-corrected chi connectivity index (χ3v) is 6.74. The number of amides is 1. The van der Waals surface area contributed by atoms with Crippen molar-refractivity contribution in [3.63, 3.8) is 0 Å². The molecule has 0 spiro atoms. The minimum Gasteiger partial charge on any atom is -0.425 e. The summed E-state index contributed by atoms with van der Waals surface area (Å²) < 4.78 is 64.1. The number of fused-ring (bicyclic) bond motifs is 1. The van der Waals surface area contributed by atoms with Crippen molar-refractivity contribution in [2.45, 2.75) is 19.3 Å². The van der Waals surface area contributed by atoms with Crippen molar-refractivity contribution < 1.29 is 36.8 Å². The molecule has 1 amide bonds. The van der Waals surface area contributed by atoms with E-state index in [1.807, 2.05) is 0 Å². The van der Waals surface area contributed by atoms with Gasteiger partial charge in [-0.3, -0.25) is 13.7 Å². The monoisotopic (exact) mass is 517 g/mol. The van der Waals surface area contributed by atoms with Crippen molar-refractivity contribution in [2.75, 3.05) is 24.5 Å². The fourth-order valence-corrected chi connectivity index (χ4v) is 4.88. The number of nitrogens with zero attached hydrogens (tertiary/aromatic N) is 5. The zero-order chi connectivity index (χ0) is 24.5. The summed E-state index contributed by atoms with van der Waals surface area (Å²) in [7, 11) is 1.48. The molecule has 0 saturated carbocycles. The molecule has 2 aromatic heterocycles. The van der Waals surface area contributed by atoms with E-state index in [-0.39, 0.29) is 49.4 Å². The second-order valence-corrected chi connectivity index (χ2v) is 9.34. The van der Waals surface area contributed by atoms with Crippen LogP contribution in [0.1, 0.15) is 21.9 Å². The van der Waals surface area contributed by atoms with Gasteiger partial charge < -0.3 is 14.6 Å². The summed E-state index contributed by atoms with van der Waals surface area (Å²) >= 11 is -0.573. The lowest BCUT2D eigenvalue weighted by Crippen LogP contribution is -2.47. The van der Waals surface area contributed by atoms with Gasteiger partial charge in [-0.2, -0.15) is 4.98 Å². The second kappa shape index (κ2) is 9.60. The number of aromatic nitrogens is 3. The fourth-order valence-electron chi connectivity index (χ4n) is 3.19. The molecule has 3 aromatic rings. The van der Waals surface area contributed by atoms with Crippen LogP contribution >= 0.6 is 11.3 Å². The Kier molecular flexibility index (Phi) is 6.77. The molecule has 1 unspecified atom stereocenters. The van der Waals surface area contributed by atoms with Crippen LogP contribution in [0.2, 0.25) is 0 Å². The number of aliphatic hydroxyl groups excluding tert-OH is 1. The molecular formula is C19H18F3N5O5S2. The van der Waals surface area contributed by atoms with Crippen LogP contribution in [0.4, 0.5) is 19.0 Å². The van der Waals surface area contributed by atoms with E-state index < -0.39 is 29.2 Å². The maximum atomic E-state index is 13.3. The standard InChI is InChI=1S/C19H18F3N5O5S2/c1-25-16-15(17(29)27(34(25)30)7-3-8-28)26(11-14-23-6-9-33-14)18(24-16)31-12-4-2-5-13(10-12)32-19(20,21)22/h2,4-6,9-10,28H,3,7-8,11H2,1H3. The van der Waals surface area contributed by atoms with Crippen LogP contribution in [0.25, 0.3) is 0 Å². The van der Waals surface area contributed by atoms with E-state index in [1.165, 1.54) is 39.4 Å². The van der Waals surface area contributed by atoms with Gasteiger partial charge >= 0.3 is 12.4 Å². The molecule has 34 heavy (non-hydrogen) atoms. The van der Waals surface area contributed by atoms with Gasteiger partial charge in [0.2, 0.25) is 11.2 Å². The highest BCUT2D eigenvalue weighted by Gasteiger charge is 2.40. The summed E-state index contributed by atoms with van der Waals surface area (Å²) in [5.41, 5.74) is 0.0768. The first-order chi connectivity index (χ1) is 16.2. The number of halogens is 3. The van der Waals surface area contributed by atoms with Gasteiger partial charge in [-0.25, -0.2) is 13.5 Å². The SMILES string of the molecule is CN1c2nc(Oc3cccc(OC(F)(F)F)c3)n(Cc3nccs3)c2C(=O)N(CCCO)S1=O. The summed E-state index contributed by atoms with van der Waals surface area (Å²) in [4.78, 5) is 21.8. The summed E-state index contributed by atoms with van der Waals surface area (Å²) in [6.45, 7) is -0.0735. The van der Waals surface area contributed by atoms with Gasteiger partial charge in [-0.05, 0) is 18.6 Å². The molecule has 0 saturated heterocycles. The fraction of sp³-hybridized carbons (Fsp3) is 0.316. The first-order valence-electron chi connectivity index (χ1n) is 9.79. The Morgan fingerprint density at radius 1 is 1.26 bits per heavy atom. The van der Waals surface area contributed by atoms with Crippen molar-refractivity contribution >= 4 is 34.2 Å². The number of hydrogen-bond acceptors (Lipinski definition) is 8. The Morgan fingerprint density at radius 3 is 2.71 bits per heavy atom. The van der Waals surface area contributed by atoms with Crippen molar-refractivity contribution in [2.24, 2.45) is 0 Å². The number of thiazole rings is 1. The third kappa shape index (κ3) is 5.00. The van der Waals surface area contributed by atoms with Gasteiger partial charge in [0.05, 0.1) is 6.54 Å². The van der Waals surface area contributed by atoms with Crippen molar-refractivity contribution in [1.82, 2.24) is 18.8 Å². The Morgan fingerprint density at radius 2 is 2.03 bits per heavy atom. The van der Waals surface area contributed by atoms with E-state index >= 15 is 0 Å². The van der Waals surface area contributed by atoms with Crippen LogP contribution in [0.15, 0.2) is 35.8 Å². The number of alkyl halides is 3. The largest absolute Gasteiger partial charge is 0.573 e. The van der Waals surface area contributed by atoms with Crippen LogP contribution in [-0.2, 0) is 17.7 Å². The number of anilines is 1. The Labute approximate surface area is 197 Å². The van der Waals surface area contributed by atoms with Gasteiger partial charge in [-0.1, -0.05) is 6.07 Å². The highest BCUT2D eigenvalue weighted by atomic mass is 32.2. The van der Waals surface area contributed by atoms with Crippen LogP contribution in [0.3, 0.4) is 0 Å². The van der Waals surface area contributed by atoms with Gasteiger partial charge in [-0.15, -0.1) is 24.5 Å². The summed E-state index contributed by atoms with van der Waals surface area (Å²) in [5.74, 6) is -1.01. The normalized spacial score (nSPS) is 16.0. The molecule has 0 aliphatic carbocycles. The van der Waals surface area contributed by atoms with E-state index in [0.717, 1.165) is 16.4 Å². The van der Waals surface area contributed by atoms with Crippen molar-refractivity contribution in [3.8, 4) is 17.5 Å². The number of imidazole rings is 1. The zero-order valence-electron chi connectivity index (χ0n) is 17.6. The number of hydrogen-bond donors (Lipinski definition) is 1. The lowest BCUT2D eigenvalue weighted by Gasteiger charge is -2.31. The molecule has 0 radical (unpaired) electrons. The van der Waals surface area contributed by atoms with E-state index in [0.29, 0.717) is 5.01 Å². The minimum absolute atomic E-state index is 0.0159. The Hall–Kier alpha value is -3.17. The van der Waals surface area contributed by atoms with E-state index in [2.05, 4.69) is 14.7 Å². The number of benzene rings is 1. The van der Waals surface area contributed by atoms with Gasteiger partial charge in [0, 0.05) is 37.8 Å². The first-order valence-corrected chi connectivity index (χ1v) is 11.7. The van der Waals surface area contributed by atoms with Crippen LogP contribution in [0.5, 0.6) is 17.5 Å². The topological polar surface area (TPSA) is 110 Å². The Balaban J connectivity index is 1.75. The molecule has 4 rings (SSSR count). The molecule has 0 bridgehead atoms. The van der Waals surface area contributed by atoms with Gasteiger partial charge in [0.15, 0.2) is 11.5 Å². The minimum atomic E-state index is -4.88. The highest BCUT2D eigenvalue weighted by Crippen LogP contribution is 2.36. The summed E-state index contributed by atoms with van der Waals surface area (Å²) in [6.07, 6.45) is -3.08. The van der Waals surface area contributed by atoms with Crippen LogP contribution in [0, 0.1) is 0 Å². The van der Waals surface area contributed by atoms with Crippen molar-refractivity contribution in [1.29, 1.82) is 0 Å². The first kappa shape index (κ1) is 24.0. The number of rotatable bonds is 8. The Bertz CT molecular complexity index is 1200. The number of carbonyl (C=O) groups excluding carboxylic acids is 1. The average molecular weight is 518 g/mol. The lowest BCUT2D eigenvalue weighted by atomic mass is 10.3. The molecule has 1 aliphatic heterocycles. The number of aliphatic hydroxyl groups is 1. The van der Waals surface area contributed by atoms with Crippen LogP contribution < -0.4 is 13.8 Å². The molecule has 1 atom stereocenters. The molecule has 3 heterocycles. The molecule has 10 nitrogen and oxygen atoms in total.